The minimum Gasteiger partial charge on any atom is -0.0911 e. The molecule has 1 heteroatoms. The van der Waals surface area contributed by atoms with Gasteiger partial charge in [0, 0.05) is 0 Å². The molecule has 0 aliphatic carbocycles. The number of hydrogen-bond acceptors (Lipinski definition) is 0. The highest BCUT2D eigenvalue weighted by Crippen LogP contribution is 2.61. The van der Waals surface area contributed by atoms with Crippen molar-refractivity contribution in [1.82, 2.24) is 0 Å². The highest BCUT2D eigenvalue weighted by atomic mass is 31.1. The summed E-state index contributed by atoms with van der Waals surface area (Å²) in [6, 6.07) is 19.8. The van der Waals surface area contributed by atoms with Crippen molar-refractivity contribution in [2.45, 2.75) is 58.0 Å². The second kappa shape index (κ2) is 6.55. The standard InChI is InChI=1S/C21H29P/c1-20(2,3)22(21(4,5)6)16-17-12-14-19(15-13-17)18-10-8-7-9-11-18/h7-15H,16H2,1-6H3. The molecule has 0 aromatic heterocycles. The van der Waals surface area contributed by atoms with Crippen LogP contribution in [0.1, 0.15) is 47.1 Å². The van der Waals surface area contributed by atoms with Gasteiger partial charge in [-0.25, -0.2) is 0 Å². The van der Waals surface area contributed by atoms with Gasteiger partial charge in [0.15, 0.2) is 0 Å². The lowest BCUT2D eigenvalue weighted by atomic mass is 10.0. The fourth-order valence-corrected chi connectivity index (χ4v) is 6.63. The molecule has 0 unspecified atom stereocenters. The van der Waals surface area contributed by atoms with Crippen molar-refractivity contribution in [3.8, 4) is 11.1 Å². The van der Waals surface area contributed by atoms with Crippen LogP contribution in [0, 0.1) is 0 Å². The molecule has 0 aliphatic heterocycles. The molecule has 0 nitrogen and oxygen atoms in total. The lowest BCUT2D eigenvalue weighted by Crippen LogP contribution is -2.25. The quantitative estimate of drug-likeness (QED) is 0.539. The van der Waals surface area contributed by atoms with E-state index in [1.54, 1.807) is 0 Å². The van der Waals surface area contributed by atoms with Crippen LogP contribution >= 0.6 is 7.92 Å². The van der Waals surface area contributed by atoms with Gasteiger partial charge in [-0.3, -0.25) is 0 Å². The Bertz CT molecular complexity index is 569. The molecule has 2 aromatic carbocycles. The molecule has 0 radical (unpaired) electrons. The maximum Gasteiger partial charge on any atom is -0.00637 e. The predicted octanol–water partition coefficient (Wildman–Crippen LogP) is 6.93. The third-order valence-electron chi connectivity index (χ3n) is 4.02. The molecule has 118 valence electrons. The Morgan fingerprint density at radius 2 is 1.09 bits per heavy atom. The van der Waals surface area contributed by atoms with E-state index in [2.05, 4.69) is 96.1 Å². The van der Waals surface area contributed by atoms with Crippen molar-refractivity contribution in [3.63, 3.8) is 0 Å². The highest BCUT2D eigenvalue weighted by molar-refractivity contribution is 7.60. The highest BCUT2D eigenvalue weighted by Gasteiger charge is 2.33. The van der Waals surface area contributed by atoms with Crippen molar-refractivity contribution >= 4 is 7.92 Å². The average Bonchev–Trinajstić information content (AvgIpc) is 2.44. The Balaban J connectivity index is 2.20. The van der Waals surface area contributed by atoms with Gasteiger partial charge in [-0.1, -0.05) is 104 Å². The molecule has 0 fully saturated rings. The maximum atomic E-state index is 2.39. The zero-order valence-corrected chi connectivity index (χ0v) is 15.7. The van der Waals surface area contributed by atoms with Crippen molar-refractivity contribution < 1.29 is 0 Å². The van der Waals surface area contributed by atoms with Crippen LogP contribution < -0.4 is 0 Å². The van der Waals surface area contributed by atoms with Crippen molar-refractivity contribution in [2.75, 3.05) is 0 Å². The first-order chi connectivity index (χ1) is 10.2. The normalized spacial score (nSPS) is 12.7. The molecule has 0 saturated heterocycles. The molecule has 22 heavy (non-hydrogen) atoms. The summed E-state index contributed by atoms with van der Waals surface area (Å²) in [5.74, 6) is 0. The van der Waals surface area contributed by atoms with Gasteiger partial charge in [-0.15, -0.1) is 0 Å². The van der Waals surface area contributed by atoms with Crippen LogP contribution in [-0.2, 0) is 6.16 Å². The van der Waals surface area contributed by atoms with Crippen molar-refractivity contribution in [3.05, 3.63) is 60.2 Å². The van der Waals surface area contributed by atoms with Gasteiger partial charge >= 0.3 is 0 Å². The summed E-state index contributed by atoms with van der Waals surface area (Å²) in [4.78, 5) is 0. The van der Waals surface area contributed by atoms with E-state index in [4.69, 9.17) is 0 Å². The molecule has 0 N–H and O–H groups in total. The second-order valence-corrected chi connectivity index (χ2v) is 11.8. The molecule has 2 aromatic rings. The van der Waals surface area contributed by atoms with Crippen LogP contribution in [0.5, 0.6) is 0 Å². The van der Waals surface area contributed by atoms with E-state index in [1.165, 1.54) is 22.9 Å². The van der Waals surface area contributed by atoms with Gasteiger partial charge in [0.25, 0.3) is 0 Å². The van der Waals surface area contributed by atoms with E-state index >= 15 is 0 Å². The average molecular weight is 312 g/mol. The summed E-state index contributed by atoms with van der Waals surface area (Å²) in [6.07, 6.45) is 1.21. The zero-order chi connectivity index (χ0) is 16.4. The zero-order valence-electron chi connectivity index (χ0n) is 14.9. The fourth-order valence-electron chi connectivity index (χ4n) is 3.10. The predicted molar refractivity (Wildman–Crippen MR) is 102 cm³/mol. The summed E-state index contributed by atoms with van der Waals surface area (Å²) in [7, 11) is -0.0829. The Kier molecular flexibility index (Phi) is 5.13. The van der Waals surface area contributed by atoms with Gasteiger partial charge in [0.1, 0.15) is 0 Å². The first-order valence-electron chi connectivity index (χ1n) is 8.10. The number of hydrogen-bond donors (Lipinski definition) is 0. The molecule has 0 heterocycles. The molecule has 0 bridgehead atoms. The topological polar surface area (TPSA) is 0 Å². The summed E-state index contributed by atoms with van der Waals surface area (Å²) in [5, 5.41) is 0.761. The molecular weight excluding hydrogens is 283 g/mol. The SMILES string of the molecule is CC(C)(C)P(Cc1ccc(-c2ccccc2)cc1)C(C)(C)C. The van der Waals surface area contributed by atoms with E-state index in [-0.39, 0.29) is 7.92 Å². The lowest BCUT2D eigenvalue weighted by molar-refractivity contribution is 0.702. The van der Waals surface area contributed by atoms with Gasteiger partial charge in [-0.2, -0.15) is 0 Å². The van der Waals surface area contributed by atoms with E-state index in [9.17, 15) is 0 Å². The largest absolute Gasteiger partial charge is 0.0911 e. The molecule has 0 aliphatic rings. The maximum absolute atomic E-state index is 2.39. The molecule has 0 saturated carbocycles. The third kappa shape index (κ3) is 4.43. The van der Waals surface area contributed by atoms with E-state index in [0.717, 1.165) is 0 Å². The van der Waals surface area contributed by atoms with Gasteiger partial charge in [0.2, 0.25) is 0 Å². The van der Waals surface area contributed by atoms with Crippen LogP contribution in [0.15, 0.2) is 54.6 Å². The Morgan fingerprint density at radius 3 is 1.55 bits per heavy atom. The van der Waals surface area contributed by atoms with Crippen LogP contribution in [-0.4, -0.2) is 10.3 Å². The molecule has 2 rings (SSSR count). The fraction of sp³-hybridized carbons (Fsp3) is 0.429. The number of rotatable bonds is 3. The van der Waals surface area contributed by atoms with Gasteiger partial charge in [-0.05, 0) is 33.2 Å². The summed E-state index contributed by atoms with van der Waals surface area (Å²) in [6.45, 7) is 14.3. The number of benzene rings is 2. The molecule has 0 atom stereocenters. The molecule has 0 spiro atoms. The van der Waals surface area contributed by atoms with Crippen LogP contribution in [0.4, 0.5) is 0 Å². The second-order valence-electron chi connectivity index (χ2n) is 7.99. The summed E-state index contributed by atoms with van der Waals surface area (Å²) >= 11 is 0. The van der Waals surface area contributed by atoms with Crippen molar-refractivity contribution in [2.24, 2.45) is 0 Å². The van der Waals surface area contributed by atoms with E-state index in [1.807, 2.05) is 0 Å². The Labute approximate surface area is 137 Å². The lowest BCUT2D eigenvalue weighted by Gasteiger charge is -2.41. The van der Waals surface area contributed by atoms with Crippen molar-refractivity contribution in [1.29, 1.82) is 0 Å². The van der Waals surface area contributed by atoms with Gasteiger partial charge in [0.05, 0.1) is 0 Å². The van der Waals surface area contributed by atoms with Crippen LogP contribution in [0.2, 0.25) is 0 Å². The van der Waals surface area contributed by atoms with Crippen LogP contribution in [0.25, 0.3) is 11.1 Å². The Morgan fingerprint density at radius 1 is 0.636 bits per heavy atom. The van der Waals surface area contributed by atoms with E-state index < -0.39 is 0 Å². The smallest absolute Gasteiger partial charge is 0.00637 e. The first-order valence-corrected chi connectivity index (χ1v) is 9.63. The monoisotopic (exact) mass is 312 g/mol. The summed E-state index contributed by atoms with van der Waals surface area (Å²) in [5.41, 5.74) is 4.07. The van der Waals surface area contributed by atoms with E-state index in [0.29, 0.717) is 10.3 Å². The Hall–Kier alpha value is -1.13. The third-order valence-corrected chi connectivity index (χ3v) is 7.94. The minimum atomic E-state index is -0.0829. The molecule has 0 amide bonds. The van der Waals surface area contributed by atoms with Crippen LogP contribution in [0.3, 0.4) is 0 Å². The minimum absolute atomic E-state index is 0.0829. The summed E-state index contributed by atoms with van der Waals surface area (Å²) < 4.78 is 0. The van der Waals surface area contributed by atoms with Gasteiger partial charge < -0.3 is 0 Å². The first kappa shape index (κ1) is 17.2. The molecular formula is C21H29P.